The van der Waals surface area contributed by atoms with Crippen LogP contribution in [0.4, 0.5) is 11.5 Å². The van der Waals surface area contributed by atoms with Crippen molar-refractivity contribution in [1.82, 2.24) is 20.2 Å². The molecule has 0 fully saturated rings. The van der Waals surface area contributed by atoms with E-state index in [-0.39, 0.29) is 5.91 Å². The molecule has 3 aromatic rings. The van der Waals surface area contributed by atoms with Crippen molar-refractivity contribution in [1.29, 1.82) is 0 Å². The summed E-state index contributed by atoms with van der Waals surface area (Å²) in [5, 5.41) is 7.25. The Labute approximate surface area is 153 Å². The molecule has 0 unspecified atom stereocenters. The van der Waals surface area contributed by atoms with Gasteiger partial charge in [-0.25, -0.2) is 4.98 Å². The maximum Gasteiger partial charge on any atom is 0.251 e. The van der Waals surface area contributed by atoms with Gasteiger partial charge in [0.05, 0.1) is 11.2 Å². The molecular formula is C20H23N5O. The minimum absolute atomic E-state index is 0.0924. The number of nitrogens with one attached hydrogen (secondary N) is 2. The van der Waals surface area contributed by atoms with E-state index >= 15 is 0 Å². The maximum absolute atomic E-state index is 12.3. The molecular weight excluding hydrogens is 326 g/mol. The lowest BCUT2D eigenvalue weighted by Crippen LogP contribution is -2.27. The highest BCUT2D eigenvalue weighted by Crippen LogP contribution is 2.23. The summed E-state index contributed by atoms with van der Waals surface area (Å²) in [6, 6.07) is 13.3. The molecule has 26 heavy (non-hydrogen) atoms. The van der Waals surface area contributed by atoms with Crippen LogP contribution in [0.25, 0.3) is 10.9 Å². The third-order valence-electron chi connectivity index (χ3n) is 3.99. The van der Waals surface area contributed by atoms with Gasteiger partial charge in [0.15, 0.2) is 0 Å². The molecule has 0 aliphatic carbocycles. The summed E-state index contributed by atoms with van der Waals surface area (Å²) in [5.41, 5.74) is 2.31. The Bertz CT molecular complexity index is 889. The second-order valence-corrected chi connectivity index (χ2v) is 6.35. The summed E-state index contributed by atoms with van der Waals surface area (Å²) < 4.78 is 0. The highest BCUT2D eigenvalue weighted by molar-refractivity contribution is 5.95. The van der Waals surface area contributed by atoms with E-state index in [1.54, 1.807) is 24.5 Å². The molecule has 6 nitrogen and oxygen atoms in total. The molecule has 6 heteroatoms. The second kappa shape index (κ2) is 8.40. The molecule has 0 spiro atoms. The highest BCUT2D eigenvalue weighted by atomic mass is 16.1. The summed E-state index contributed by atoms with van der Waals surface area (Å²) in [5.74, 6) is 0.523. The number of aromatic nitrogens is 2. The zero-order valence-corrected chi connectivity index (χ0v) is 15.1. The molecule has 1 amide bonds. The fraction of sp³-hybridized carbons (Fsp3) is 0.250. The van der Waals surface area contributed by atoms with Crippen LogP contribution in [-0.2, 0) is 0 Å². The molecule has 1 aromatic carbocycles. The van der Waals surface area contributed by atoms with Gasteiger partial charge in [-0.15, -0.1) is 0 Å². The van der Waals surface area contributed by atoms with Gasteiger partial charge in [-0.1, -0.05) is 18.2 Å². The van der Waals surface area contributed by atoms with Crippen molar-refractivity contribution in [2.45, 2.75) is 6.42 Å². The van der Waals surface area contributed by atoms with Crippen molar-refractivity contribution in [2.75, 3.05) is 32.5 Å². The van der Waals surface area contributed by atoms with Crippen molar-refractivity contribution >= 4 is 28.3 Å². The van der Waals surface area contributed by atoms with Crippen LogP contribution in [0.3, 0.4) is 0 Å². The fourth-order valence-electron chi connectivity index (χ4n) is 2.68. The summed E-state index contributed by atoms with van der Waals surface area (Å²) in [6.45, 7) is 1.59. The third-order valence-corrected chi connectivity index (χ3v) is 3.99. The number of rotatable bonds is 7. The number of carbonyl (C=O) groups is 1. The number of carbonyl (C=O) groups excluding carboxylic acids is 1. The Morgan fingerprint density at radius 2 is 1.92 bits per heavy atom. The number of para-hydroxylation sites is 1. The zero-order chi connectivity index (χ0) is 18.4. The molecule has 2 aromatic heterocycles. The van der Waals surface area contributed by atoms with Gasteiger partial charge in [0.25, 0.3) is 5.91 Å². The van der Waals surface area contributed by atoms with Crippen molar-refractivity contribution in [3.8, 4) is 0 Å². The first-order valence-electron chi connectivity index (χ1n) is 8.63. The first-order valence-corrected chi connectivity index (χ1v) is 8.63. The van der Waals surface area contributed by atoms with Gasteiger partial charge in [-0.3, -0.25) is 9.78 Å². The third kappa shape index (κ3) is 4.55. The van der Waals surface area contributed by atoms with Gasteiger partial charge in [-0.2, -0.15) is 0 Å². The molecule has 0 bridgehead atoms. The summed E-state index contributed by atoms with van der Waals surface area (Å²) in [6.07, 6.45) is 4.31. The predicted molar refractivity (Wildman–Crippen MR) is 105 cm³/mol. The molecule has 2 heterocycles. The largest absolute Gasteiger partial charge is 0.352 e. The lowest BCUT2D eigenvalue weighted by atomic mass is 10.2. The van der Waals surface area contributed by atoms with E-state index in [9.17, 15) is 4.79 Å². The van der Waals surface area contributed by atoms with Gasteiger partial charge >= 0.3 is 0 Å². The monoisotopic (exact) mass is 349 g/mol. The van der Waals surface area contributed by atoms with Crippen LogP contribution >= 0.6 is 0 Å². The topological polar surface area (TPSA) is 70.2 Å². The van der Waals surface area contributed by atoms with E-state index in [1.165, 1.54) is 0 Å². The number of anilines is 2. The highest BCUT2D eigenvalue weighted by Gasteiger charge is 2.08. The first kappa shape index (κ1) is 17.8. The van der Waals surface area contributed by atoms with E-state index in [2.05, 4.69) is 25.5 Å². The number of pyridine rings is 2. The van der Waals surface area contributed by atoms with E-state index in [0.717, 1.165) is 29.6 Å². The molecule has 0 atom stereocenters. The van der Waals surface area contributed by atoms with Crippen LogP contribution < -0.4 is 10.6 Å². The minimum Gasteiger partial charge on any atom is -0.352 e. The number of benzene rings is 1. The smallest absolute Gasteiger partial charge is 0.251 e. The molecule has 3 rings (SSSR count). The Kier molecular flexibility index (Phi) is 5.76. The van der Waals surface area contributed by atoms with Crippen molar-refractivity contribution in [3.05, 3.63) is 60.4 Å². The van der Waals surface area contributed by atoms with Crippen LogP contribution in [0.2, 0.25) is 0 Å². The fourth-order valence-corrected chi connectivity index (χ4v) is 2.68. The van der Waals surface area contributed by atoms with Gasteiger partial charge in [0.2, 0.25) is 0 Å². The number of fused-ring (bicyclic) bond motifs is 1. The van der Waals surface area contributed by atoms with Gasteiger partial charge in [0.1, 0.15) is 5.82 Å². The lowest BCUT2D eigenvalue weighted by Gasteiger charge is -2.11. The zero-order valence-electron chi connectivity index (χ0n) is 15.1. The molecule has 0 saturated carbocycles. The molecule has 0 aliphatic rings. The van der Waals surface area contributed by atoms with E-state index < -0.39 is 0 Å². The Morgan fingerprint density at radius 3 is 2.77 bits per heavy atom. The number of hydrogen-bond donors (Lipinski definition) is 2. The summed E-state index contributed by atoms with van der Waals surface area (Å²) >= 11 is 0. The van der Waals surface area contributed by atoms with Crippen molar-refractivity contribution in [3.63, 3.8) is 0 Å². The van der Waals surface area contributed by atoms with Gasteiger partial charge < -0.3 is 15.5 Å². The SMILES string of the molecule is CN(C)CCCNC(=O)c1ccnc(Nc2cccc3cccnc23)c1. The van der Waals surface area contributed by atoms with Crippen LogP contribution in [0.15, 0.2) is 54.9 Å². The van der Waals surface area contributed by atoms with E-state index in [1.807, 2.05) is 44.4 Å². The Morgan fingerprint density at radius 1 is 1.08 bits per heavy atom. The van der Waals surface area contributed by atoms with Gasteiger partial charge in [-0.05, 0) is 51.3 Å². The first-order chi connectivity index (χ1) is 12.6. The Balaban J connectivity index is 1.70. The number of amides is 1. The average Bonchev–Trinajstić information content (AvgIpc) is 2.65. The van der Waals surface area contributed by atoms with Crippen LogP contribution in [-0.4, -0.2) is 48.0 Å². The quantitative estimate of drug-likeness (QED) is 0.642. The normalized spacial score (nSPS) is 10.9. The average molecular weight is 349 g/mol. The number of nitrogens with zero attached hydrogens (tertiary/aromatic N) is 3. The minimum atomic E-state index is -0.0924. The second-order valence-electron chi connectivity index (χ2n) is 6.35. The standard InChI is InChI=1S/C20H23N5O/c1-25(2)13-5-11-23-20(26)16-9-12-21-18(14-16)24-17-8-3-6-15-7-4-10-22-19(15)17/h3-4,6-10,12,14H,5,11,13H2,1-2H3,(H,21,24)(H,23,26). The maximum atomic E-state index is 12.3. The molecule has 0 radical (unpaired) electrons. The van der Waals surface area contributed by atoms with Crippen LogP contribution in [0.1, 0.15) is 16.8 Å². The lowest BCUT2D eigenvalue weighted by molar-refractivity contribution is 0.0952. The number of hydrogen-bond acceptors (Lipinski definition) is 5. The van der Waals surface area contributed by atoms with Crippen LogP contribution in [0.5, 0.6) is 0 Å². The molecule has 0 saturated heterocycles. The molecule has 134 valence electrons. The molecule has 2 N–H and O–H groups in total. The van der Waals surface area contributed by atoms with E-state index in [0.29, 0.717) is 17.9 Å². The Hall–Kier alpha value is -2.99. The van der Waals surface area contributed by atoms with Crippen LogP contribution in [0, 0.1) is 0 Å². The van der Waals surface area contributed by atoms with E-state index in [4.69, 9.17) is 0 Å². The van der Waals surface area contributed by atoms with Gasteiger partial charge in [0, 0.05) is 29.9 Å². The van der Waals surface area contributed by atoms with Crippen molar-refractivity contribution < 1.29 is 4.79 Å². The summed E-state index contributed by atoms with van der Waals surface area (Å²) in [4.78, 5) is 23.2. The predicted octanol–water partition coefficient (Wildman–Crippen LogP) is 3.05. The summed E-state index contributed by atoms with van der Waals surface area (Å²) in [7, 11) is 4.04. The molecule has 0 aliphatic heterocycles. The van der Waals surface area contributed by atoms with Crippen molar-refractivity contribution in [2.24, 2.45) is 0 Å².